The lowest BCUT2D eigenvalue weighted by atomic mass is 9.92. The molecule has 1 rings (SSSR count). The molecule has 3 N–H and O–H groups in total. The highest BCUT2D eigenvalue weighted by atomic mass is 16.6. The molecule has 0 aliphatic carbocycles. The van der Waals surface area contributed by atoms with Crippen molar-refractivity contribution in [3.63, 3.8) is 0 Å². The van der Waals surface area contributed by atoms with Gasteiger partial charge in [-0.3, -0.25) is 10.1 Å². The number of nitrogens with two attached hydrogens (primary N) is 1. The van der Waals surface area contributed by atoms with E-state index in [9.17, 15) is 10.1 Å². The van der Waals surface area contributed by atoms with Gasteiger partial charge >= 0.3 is 0 Å². The Labute approximate surface area is 101 Å². The topological polar surface area (TPSA) is 81.2 Å². The van der Waals surface area contributed by atoms with Crippen LogP contribution in [-0.2, 0) is 0 Å². The van der Waals surface area contributed by atoms with Gasteiger partial charge in [0.05, 0.1) is 16.3 Å². The van der Waals surface area contributed by atoms with Gasteiger partial charge < -0.3 is 11.1 Å². The smallest absolute Gasteiger partial charge is 0.271 e. The molecule has 0 aromatic heterocycles. The van der Waals surface area contributed by atoms with Crippen LogP contribution in [0, 0.1) is 15.5 Å². The summed E-state index contributed by atoms with van der Waals surface area (Å²) >= 11 is 0. The summed E-state index contributed by atoms with van der Waals surface area (Å²) in [5.74, 6) is 0. The quantitative estimate of drug-likeness (QED) is 0.479. The molecule has 0 bridgehead atoms. The van der Waals surface area contributed by atoms with Gasteiger partial charge in [-0.05, 0) is 17.9 Å². The van der Waals surface area contributed by atoms with E-state index < -0.39 is 4.92 Å². The first kappa shape index (κ1) is 13.3. The third-order valence-electron chi connectivity index (χ3n) is 2.44. The first-order chi connectivity index (χ1) is 7.79. The molecule has 0 atom stereocenters. The zero-order valence-electron chi connectivity index (χ0n) is 10.5. The van der Waals surface area contributed by atoms with E-state index in [2.05, 4.69) is 26.1 Å². The number of benzene rings is 1. The average molecular weight is 237 g/mol. The van der Waals surface area contributed by atoms with Crippen LogP contribution in [0.1, 0.15) is 27.2 Å². The maximum absolute atomic E-state index is 10.5. The van der Waals surface area contributed by atoms with Gasteiger partial charge in [0, 0.05) is 18.7 Å². The molecule has 0 saturated heterocycles. The maximum Gasteiger partial charge on any atom is 0.271 e. The van der Waals surface area contributed by atoms with Crippen molar-refractivity contribution in [3.8, 4) is 0 Å². The molecule has 1 aromatic carbocycles. The zero-order valence-corrected chi connectivity index (χ0v) is 10.5. The largest absolute Gasteiger partial charge is 0.397 e. The van der Waals surface area contributed by atoms with E-state index in [0.29, 0.717) is 5.69 Å². The van der Waals surface area contributed by atoms with Crippen molar-refractivity contribution < 1.29 is 4.92 Å². The molecular weight excluding hydrogens is 218 g/mol. The Kier molecular flexibility index (Phi) is 3.93. The summed E-state index contributed by atoms with van der Waals surface area (Å²) in [5.41, 5.74) is 7.17. The predicted molar refractivity (Wildman–Crippen MR) is 70.1 cm³/mol. The van der Waals surface area contributed by atoms with E-state index in [1.807, 2.05) is 0 Å². The fraction of sp³-hybridized carbons (Fsp3) is 0.500. The third-order valence-corrected chi connectivity index (χ3v) is 2.44. The lowest BCUT2D eigenvalue weighted by molar-refractivity contribution is -0.384. The van der Waals surface area contributed by atoms with Crippen LogP contribution < -0.4 is 11.1 Å². The van der Waals surface area contributed by atoms with E-state index in [-0.39, 0.29) is 11.1 Å². The molecule has 1 aromatic rings. The maximum atomic E-state index is 10.5. The van der Waals surface area contributed by atoms with Crippen LogP contribution in [0.15, 0.2) is 18.2 Å². The number of hydrogen-bond acceptors (Lipinski definition) is 4. The number of rotatable bonds is 4. The fourth-order valence-electron chi connectivity index (χ4n) is 1.40. The lowest BCUT2D eigenvalue weighted by Gasteiger charge is -2.19. The number of nitro groups is 1. The Morgan fingerprint density at radius 3 is 2.53 bits per heavy atom. The first-order valence-electron chi connectivity index (χ1n) is 5.57. The summed E-state index contributed by atoms with van der Waals surface area (Å²) in [6.07, 6.45) is 1.00. The predicted octanol–water partition coefficient (Wildman–Crippen LogP) is 3.03. The monoisotopic (exact) mass is 237 g/mol. The van der Waals surface area contributed by atoms with E-state index >= 15 is 0 Å². The molecule has 0 spiro atoms. The molecule has 0 heterocycles. The third kappa shape index (κ3) is 4.30. The Bertz CT molecular complexity index is 411. The van der Waals surface area contributed by atoms with Gasteiger partial charge in [0.25, 0.3) is 5.69 Å². The van der Waals surface area contributed by atoms with Gasteiger partial charge in [0.2, 0.25) is 0 Å². The van der Waals surface area contributed by atoms with Gasteiger partial charge in [-0.15, -0.1) is 0 Å². The van der Waals surface area contributed by atoms with Crippen molar-refractivity contribution in [3.05, 3.63) is 28.3 Å². The minimum absolute atomic E-state index is 0.0175. The SMILES string of the molecule is CC(C)(C)CCNc1ccc([N+](=O)[O-])cc1N. The molecule has 94 valence electrons. The Hall–Kier alpha value is -1.78. The molecule has 5 heteroatoms. The first-order valence-corrected chi connectivity index (χ1v) is 5.57. The Morgan fingerprint density at radius 1 is 1.41 bits per heavy atom. The van der Waals surface area contributed by atoms with Gasteiger partial charge in [-0.25, -0.2) is 0 Å². The number of hydrogen-bond donors (Lipinski definition) is 2. The van der Waals surface area contributed by atoms with Gasteiger partial charge in [-0.1, -0.05) is 20.8 Å². The second-order valence-corrected chi connectivity index (χ2v) is 5.27. The number of nitrogen functional groups attached to an aromatic ring is 1. The highest BCUT2D eigenvalue weighted by molar-refractivity contribution is 5.69. The van der Waals surface area contributed by atoms with Gasteiger partial charge in [0.1, 0.15) is 0 Å². The van der Waals surface area contributed by atoms with E-state index in [0.717, 1.165) is 18.7 Å². The minimum atomic E-state index is -0.449. The number of non-ortho nitro benzene ring substituents is 1. The van der Waals surface area contributed by atoms with Crippen LogP contribution in [-0.4, -0.2) is 11.5 Å². The molecular formula is C12H19N3O2. The average Bonchev–Trinajstić information content (AvgIpc) is 2.18. The number of anilines is 2. The van der Waals surface area contributed by atoms with Gasteiger partial charge in [-0.2, -0.15) is 0 Å². The van der Waals surface area contributed by atoms with Crippen LogP contribution in [0.4, 0.5) is 17.1 Å². The molecule has 0 fully saturated rings. The van der Waals surface area contributed by atoms with Crippen molar-refractivity contribution in [2.24, 2.45) is 5.41 Å². The summed E-state index contributed by atoms with van der Waals surface area (Å²) < 4.78 is 0. The van der Waals surface area contributed by atoms with Crippen molar-refractivity contribution in [1.82, 2.24) is 0 Å². The molecule has 0 unspecified atom stereocenters. The summed E-state index contributed by atoms with van der Waals surface area (Å²) in [6.45, 7) is 7.28. The number of nitrogens with zero attached hydrogens (tertiary/aromatic N) is 1. The molecule has 17 heavy (non-hydrogen) atoms. The number of nitrogens with one attached hydrogen (secondary N) is 1. The summed E-state index contributed by atoms with van der Waals surface area (Å²) in [7, 11) is 0. The van der Waals surface area contributed by atoms with Crippen molar-refractivity contribution in [1.29, 1.82) is 0 Å². The van der Waals surface area contributed by atoms with E-state index in [1.54, 1.807) is 6.07 Å². The van der Waals surface area contributed by atoms with E-state index in [1.165, 1.54) is 12.1 Å². The summed E-state index contributed by atoms with van der Waals surface area (Å²) in [4.78, 5) is 10.1. The van der Waals surface area contributed by atoms with Crippen molar-refractivity contribution in [2.75, 3.05) is 17.6 Å². The van der Waals surface area contributed by atoms with Crippen LogP contribution in [0.2, 0.25) is 0 Å². The van der Waals surface area contributed by atoms with Crippen LogP contribution in [0.25, 0.3) is 0 Å². The van der Waals surface area contributed by atoms with E-state index in [4.69, 9.17) is 5.73 Å². The van der Waals surface area contributed by atoms with Gasteiger partial charge in [0.15, 0.2) is 0 Å². The molecule has 5 nitrogen and oxygen atoms in total. The normalized spacial score (nSPS) is 11.2. The Balaban J connectivity index is 2.64. The second kappa shape index (κ2) is 5.03. The molecule has 0 aliphatic rings. The van der Waals surface area contributed by atoms with Crippen molar-refractivity contribution in [2.45, 2.75) is 27.2 Å². The fourth-order valence-corrected chi connectivity index (χ4v) is 1.40. The standard InChI is InChI=1S/C12H19N3O2/c1-12(2,3)6-7-14-11-5-4-9(15(16)17)8-10(11)13/h4-5,8,14H,6-7,13H2,1-3H3. The summed E-state index contributed by atoms with van der Waals surface area (Å²) in [6, 6.07) is 4.48. The highest BCUT2D eigenvalue weighted by Crippen LogP contribution is 2.25. The number of nitro benzene ring substituents is 1. The Morgan fingerprint density at radius 2 is 2.06 bits per heavy atom. The summed E-state index contributed by atoms with van der Waals surface area (Å²) in [5, 5.41) is 13.7. The minimum Gasteiger partial charge on any atom is -0.397 e. The molecule has 0 saturated carbocycles. The van der Waals surface area contributed by atoms with Crippen LogP contribution in [0.3, 0.4) is 0 Å². The zero-order chi connectivity index (χ0) is 13.1. The van der Waals surface area contributed by atoms with Crippen molar-refractivity contribution >= 4 is 17.1 Å². The highest BCUT2D eigenvalue weighted by Gasteiger charge is 2.11. The molecule has 0 amide bonds. The van der Waals surface area contributed by atoms with Crippen LogP contribution >= 0.6 is 0 Å². The lowest BCUT2D eigenvalue weighted by Crippen LogP contribution is -2.13. The molecule has 0 aliphatic heterocycles. The molecule has 0 radical (unpaired) electrons. The second-order valence-electron chi connectivity index (χ2n) is 5.27. The van der Waals surface area contributed by atoms with Crippen LogP contribution in [0.5, 0.6) is 0 Å².